The van der Waals surface area contributed by atoms with Crippen LogP contribution >= 0.6 is 23.2 Å². The number of hydrogen-bond donors (Lipinski definition) is 1. The summed E-state index contributed by atoms with van der Waals surface area (Å²) in [4.78, 5) is 0. The standard InChI is InChI=1S/C10H12Cl2FN/c1-5(2)10(14)8-6(11)3-4-7(13)9(8)12/h3-5,10H,14H2,1-2H3/t10-/m0/s1. The fourth-order valence-corrected chi connectivity index (χ4v) is 1.80. The van der Waals surface area contributed by atoms with Gasteiger partial charge < -0.3 is 5.73 Å². The Bertz CT molecular complexity index is 339. The molecule has 78 valence electrons. The van der Waals surface area contributed by atoms with Gasteiger partial charge >= 0.3 is 0 Å². The first-order chi connectivity index (χ1) is 6.45. The van der Waals surface area contributed by atoms with Gasteiger partial charge in [0.15, 0.2) is 0 Å². The Kier molecular flexibility index (Phi) is 3.76. The lowest BCUT2D eigenvalue weighted by atomic mass is 9.97. The highest BCUT2D eigenvalue weighted by molar-refractivity contribution is 6.36. The Hall–Kier alpha value is -0.310. The highest BCUT2D eigenvalue weighted by Gasteiger charge is 2.19. The molecular formula is C10H12Cl2FN. The summed E-state index contributed by atoms with van der Waals surface area (Å²) >= 11 is 11.7. The summed E-state index contributed by atoms with van der Waals surface area (Å²) in [7, 11) is 0. The second-order valence-electron chi connectivity index (χ2n) is 3.53. The molecular weight excluding hydrogens is 224 g/mol. The van der Waals surface area contributed by atoms with E-state index in [9.17, 15) is 4.39 Å². The summed E-state index contributed by atoms with van der Waals surface area (Å²) in [5, 5.41) is 0.441. The molecule has 0 fully saturated rings. The predicted octanol–water partition coefficient (Wildman–Crippen LogP) is 3.79. The van der Waals surface area contributed by atoms with Crippen LogP contribution in [0.4, 0.5) is 4.39 Å². The van der Waals surface area contributed by atoms with E-state index in [0.29, 0.717) is 10.6 Å². The van der Waals surface area contributed by atoms with Crippen molar-refractivity contribution in [2.24, 2.45) is 11.7 Å². The average Bonchev–Trinajstić information content (AvgIpc) is 2.12. The van der Waals surface area contributed by atoms with Gasteiger partial charge in [0.2, 0.25) is 0 Å². The SMILES string of the molecule is CC(C)[C@H](N)c1c(Cl)ccc(F)c1Cl. The molecule has 1 rings (SSSR count). The fraction of sp³-hybridized carbons (Fsp3) is 0.400. The second-order valence-corrected chi connectivity index (χ2v) is 4.31. The molecule has 0 aliphatic heterocycles. The summed E-state index contributed by atoms with van der Waals surface area (Å²) in [6.07, 6.45) is 0. The number of nitrogens with two attached hydrogens (primary N) is 1. The van der Waals surface area contributed by atoms with E-state index in [-0.39, 0.29) is 17.0 Å². The highest BCUT2D eigenvalue weighted by atomic mass is 35.5. The first kappa shape index (κ1) is 11.8. The number of hydrogen-bond acceptors (Lipinski definition) is 1. The molecule has 0 saturated heterocycles. The van der Waals surface area contributed by atoms with Crippen LogP contribution in [0, 0.1) is 11.7 Å². The summed E-state index contributed by atoms with van der Waals surface area (Å²) in [6, 6.07) is 2.37. The molecule has 14 heavy (non-hydrogen) atoms. The van der Waals surface area contributed by atoms with Crippen molar-refractivity contribution < 1.29 is 4.39 Å². The zero-order valence-electron chi connectivity index (χ0n) is 8.02. The van der Waals surface area contributed by atoms with Crippen LogP contribution in [0.1, 0.15) is 25.5 Å². The summed E-state index contributed by atoms with van der Waals surface area (Å²) in [6.45, 7) is 3.87. The quantitative estimate of drug-likeness (QED) is 0.776. The van der Waals surface area contributed by atoms with Gasteiger partial charge in [0, 0.05) is 16.6 Å². The minimum absolute atomic E-state index is 0.0266. The molecule has 0 aliphatic carbocycles. The summed E-state index contributed by atoms with van der Waals surface area (Å²) in [5.41, 5.74) is 6.36. The lowest BCUT2D eigenvalue weighted by molar-refractivity contribution is 0.510. The molecule has 1 nitrogen and oxygen atoms in total. The topological polar surface area (TPSA) is 26.0 Å². The second kappa shape index (κ2) is 4.47. The van der Waals surface area contributed by atoms with E-state index in [1.807, 2.05) is 13.8 Å². The monoisotopic (exact) mass is 235 g/mol. The van der Waals surface area contributed by atoms with E-state index in [2.05, 4.69) is 0 Å². The zero-order chi connectivity index (χ0) is 10.9. The minimum atomic E-state index is -0.484. The van der Waals surface area contributed by atoms with Gasteiger partial charge in [-0.2, -0.15) is 0 Å². The first-order valence-corrected chi connectivity index (χ1v) is 5.09. The van der Waals surface area contributed by atoms with Crippen molar-refractivity contribution in [2.45, 2.75) is 19.9 Å². The van der Waals surface area contributed by atoms with Gasteiger partial charge in [-0.15, -0.1) is 0 Å². The molecule has 0 heterocycles. The molecule has 4 heteroatoms. The van der Waals surface area contributed by atoms with E-state index >= 15 is 0 Å². The molecule has 1 aromatic rings. The molecule has 0 amide bonds. The van der Waals surface area contributed by atoms with E-state index in [4.69, 9.17) is 28.9 Å². The van der Waals surface area contributed by atoms with Crippen molar-refractivity contribution in [3.8, 4) is 0 Å². The minimum Gasteiger partial charge on any atom is -0.324 e. The van der Waals surface area contributed by atoms with Crippen LogP contribution in [0.25, 0.3) is 0 Å². The third-order valence-corrected chi connectivity index (χ3v) is 2.84. The maximum absolute atomic E-state index is 13.1. The van der Waals surface area contributed by atoms with E-state index in [1.165, 1.54) is 12.1 Å². The van der Waals surface area contributed by atoms with Crippen LogP contribution in [0.15, 0.2) is 12.1 Å². The van der Waals surface area contributed by atoms with Gasteiger partial charge in [0.05, 0.1) is 5.02 Å². The van der Waals surface area contributed by atoms with Crippen molar-refractivity contribution in [2.75, 3.05) is 0 Å². The Morgan fingerprint density at radius 3 is 2.36 bits per heavy atom. The molecule has 0 saturated carbocycles. The molecule has 1 aromatic carbocycles. The first-order valence-electron chi connectivity index (χ1n) is 4.34. The van der Waals surface area contributed by atoms with Crippen molar-refractivity contribution in [1.82, 2.24) is 0 Å². The zero-order valence-corrected chi connectivity index (χ0v) is 9.53. The lowest BCUT2D eigenvalue weighted by Gasteiger charge is -2.19. The van der Waals surface area contributed by atoms with Crippen LogP contribution in [-0.2, 0) is 0 Å². The van der Waals surface area contributed by atoms with Crippen molar-refractivity contribution in [1.29, 1.82) is 0 Å². The average molecular weight is 236 g/mol. The smallest absolute Gasteiger partial charge is 0.142 e. The van der Waals surface area contributed by atoms with Gasteiger partial charge in [-0.1, -0.05) is 37.0 Å². The molecule has 0 spiro atoms. The van der Waals surface area contributed by atoms with Gasteiger partial charge in [-0.3, -0.25) is 0 Å². The molecule has 0 aromatic heterocycles. The van der Waals surface area contributed by atoms with Gasteiger partial charge in [-0.05, 0) is 18.1 Å². The van der Waals surface area contributed by atoms with Crippen LogP contribution in [-0.4, -0.2) is 0 Å². The normalized spacial score (nSPS) is 13.4. The van der Waals surface area contributed by atoms with Crippen LogP contribution in [0.3, 0.4) is 0 Å². The van der Waals surface area contributed by atoms with Crippen molar-refractivity contribution >= 4 is 23.2 Å². The van der Waals surface area contributed by atoms with E-state index < -0.39 is 5.82 Å². The summed E-state index contributed by atoms with van der Waals surface area (Å²) in [5.74, 6) is -0.325. The van der Waals surface area contributed by atoms with Crippen molar-refractivity contribution in [3.63, 3.8) is 0 Å². The lowest BCUT2D eigenvalue weighted by Crippen LogP contribution is -2.18. The number of benzene rings is 1. The number of halogens is 3. The molecule has 1 atom stereocenters. The maximum atomic E-state index is 13.1. The Morgan fingerprint density at radius 2 is 1.86 bits per heavy atom. The van der Waals surface area contributed by atoms with Gasteiger partial charge in [-0.25, -0.2) is 4.39 Å². The highest BCUT2D eigenvalue weighted by Crippen LogP contribution is 2.34. The van der Waals surface area contributed by atoms with Crippen LogP contribution in [0.2, 0.25) is 10.0 Å². The fourth-order valence-electron chi connectivity index (χ4n) is 1.18. The third kappa shape index (κ3) is 2.19. The molecule has 0 aliphatic rings. The van der Waals surface area contributed by atoms with E-state index in [1.54, 1.807) is 0 Å². The molecule has 2 N–H and O–H groups in total. The summed E-state index contributed by atoms with van der Waals surface area (Å²) < 4.78 is 13.1. The van der Waals surface area contributed by atoms with Crippen LogP contribution < -0.4 is 5.73 Å². The Balaban J connectivity index is 3.25. The maximum Gasteiger partial charge on any atom is 0.142 e. The molecule has 0 unspecified atom stereocenters. The van der Waals surface area contributed by atoms with Gasteiger partial charge in [0.25, 0.3) is 0 Å². The van der Waals surface area contributed by atoms with Gasteiger partial charge in [0.1, 0.15) is 5.82 Å². The third-order valence-electron chi connectivity index (χ3n) is 2.13. The predicted molar refractivity (Wildman–Crippen MR) is 58.2 cm³/mol. The molecule has 0 bridgehead atoms. The van der Waals surface area contributed by atoms with Crippen LogP contribution in [0.5, 0.6) is 0 Å². The van der Waals surface area contributed by atoms with Crippen molar-refractivity contribution in [3.05, 3.63) is 33.6 Å². The Labute approximate surface area is 93.0 Å². The molecule has 0 radical (unpaired) electrons. The Morgan fingerprint density at radius 1 is 1.29 bits per heavy atom. The largest absolute Gasteiger partial charge is 0.324 e. The van der Waals surface area contributed by atoms with E-state index in [0.717, 1.165) is 0 Å². The number of rotatable bonds is 2.